The number of benzene rings is 1. The van der Waals surface area contributed by atoms with E-state index < -0.39 is 15.8 Å². The molecule has 0 aliphatic carbocycles. The minimum Gasteiger partial charge on any atom is -0.395 e. The number of nitrogens with one attached hydrogen (secondary N) is 1. The van der Waals surface area contributed by atoms with Crippen LogP contribution >= 0.6 is 11.3 Å². The monoisotopic (exact) mass is 328 g/mol. The molecule has 0 atom stereocenters. The van der Waals surface area contributed by atoms with E-state index in [1.807, 2.05) is 31.4 Å². The quantitative estimate of drug-likeness (QED) is 0.829. The molecule has 0 saturated carbocycles. The third kappa shape index (κ3) is 3.42. The molecule has 0 aliphatic rings. The van der Waals surface area contributed by atoms with E-state index in [2.05, 4.69) is 4.72 Å². The summed E-state index contributed by atoms with van der Waals surface area (Å²) in [5.74, 6) is -0.740. The molecule has 0 bridgehead atoms. The van der Waals surface area contributed by atoms with Crippen LogP contribution in [0.3, 0.4) is 0 Å². The molecule has 0 aliphatic heterocycles. The fourth-order valence-electron chi connectivity index (χ4n) is 1.86. The minimum absolute atomic E-state index is 0.200. The first-order chi connectivity index (χ1) is 9.74. The van der Waals surface area contributed by atoms with Crippen molar-refractivity contribution in [2.24, 2.45) is 0 Å². The lowest BCUT2D eigenvalue weighted by Crippen LogP contribution is -2.36. The summed E-state index contributed by atoms with van der Waals surface area (Å²) < 4.78 is 40.4. The van der Waals surface area contributed by atoms with Gasteiger partial charge in [0, 0.05) is 16.8 Å². The van der Waals surface area contributed by atoms with Gasteiger partial charge in [-0.15, -0.1) is 11.3 Å². The fraction of sp³-hybridized carbons (Fsp3) is 0.286. The number of para-hydroxylation sites is 1. The molecule has 0 radical (unpaired) electrons. The Bertz CT molecular complexity index is 725. The normalized spacial score (nSPS) is 12.5. The third-order valence-electron chi connectivity index (χ3n) is 3.19. The van der Waals surface area contributed by atoms with Crippen LogP contribution in [0.25, 0.3) is 0 Å². The largest absolute Gasteiger partial charge is 0.395 e. The van der Waals surface area contributed by atoms with E-state index >= 15 is 0 Å². The second kappa shape index (κ2) is 5.75. The second-order valence-corrected chi connectivity index (χ2v) is 8.02. The van der Waals surface area contributed by atoms with Crippen LogP contribution in [0.4, 0.5) is 10.1 Å². The van der Waals surface area contributed by atoms with E-state index in [0.717, 1.165) is 10.9 Å². The van der Waals surface area contributed by atoms with Crippen molar-refractivity contribution in [3.8, 4) is 0 Å². The van der Waals surface area contributed by atoms with Crippen molar-refractivity contribution >= 4 is 27.0 Å². The zero-order valence-corrected chi connectivity index (χ0v) is 13.4. The number of hydrogen-bond acceptors (Lipinski definition) is 4. The van der Waals surface area contributed by atoms with Crippen molar-refractivity contribution in [1.82, 2.24) is 4.72 Å². The smallest absolute Gasteiger partial charge is 0.242 e. The molecule has 114 valence electrons. The highest BCUT2D eigenvalue weighted by Crippen LogP contribution is 2.28. The van der Waals surface area contributed by atoms with Crippen LogP contribution in [0.2, 0.25) is 0 Å². The lowest BCUT2D eigenvalue weighted by atomic mass is 9.92. The van der Waals surface area contributed by atoms with Crippen molar-refractivity contribution in [1.29, 1.82) is 0 Å². The summed E-state index contributed by atoms with van der Waals surface area (Å²) in [5.41, 5.74) is 4.79. The maximum absolute atomic E-state index is 13.4. The Hall–Kier alpha value is -1.44. The fourth-order valence-corrected chi connectivity index (χ4v) is 4.06. The van der Waals surface area contributed by atoms with E-state index in [9.17, 15) is 12.8 Å². The maximum Gasteiger partial charge on any atom is 0.242 e. The maximum atomic E-state index is 13.4. The molecule has 1 aromatic heterocycles. The van der Waals surface area contributed by atoms with E-state index in [0.29, 0.717) is 0 Å². The van der Waals surface area contributed by atoms with E-state index in [1.54, 1.807) is 11.3 Å². The average molecular weight is 328 g/mol. The number of nitrogen functional groups attached to an aromatic ring is 1. The number of halogens is 1. The summed E-state index contributed by atoms with van der Waals surface area (Å²) in [6.07, 6.45) is 0. The van der Waals surface area contributed by atoms with Crippen LogP contribution in [0, 0.1) is 5.82 Å². The van der Waals surface area contributed by atoms with Crippen molar-refractivity contribution in [2.75, 3.05) is 12.3 Å². The number of nitrogens with two attached hydrogens (primary N) is 1. The molecule has 1 heterocycles. The zero-order chi connectivity index (χ0) is 15.7. The van der Waals surface area contributed by atoms with Crippen molar-refractivity contribution in [3.63, 3.8) is 0 Å². The Morgan fingerprint density at radius 1 is 1.29 bits per heavy atom. The molecule has 0 saturated heterocycles. The summed E-state index contributed by atoms with van der Waals surface area (Å²) in [4.78, 5) is 0.835. The molecule has 1 aromatic carbocycles. The molecule has 4 nitrogen and oxygen atoms in total. The minimum atomic E-state index is -3.85. The number of hydrogen-bond donors (Lipinski definition) is 2. The van der Waals surface area contributed by atoms with Gasteiger partial charge in [0.05, 0.1) is 5.69 Å². The molecule has 2 rings (SSSR count). The molecular weight excluding hydrogens is 311 g/mol. The van der Waals surface area contributed by atoms with Crippen LogP contribution in [-0.2, 0) is 15.4 Å². The standard InChI is InChI=1S/C14H17FN2O2S2/c1-14(2,12-7-4-8-20-12)9-17-21(18,19)11-6-3-5-10(15)13(11)16/h3-8,17H,9,16H2,1-2H3. The SMILES string of the molecule is CC(C)(CNS(=O)(=O)c1cccc(F)c1N)c1cccs1. The van der Waals surface area contributed by atoms with Crippen LogP contribution in [0.15, 0.2) is 40.6 Å². The highest BCUT2D eigenvalue weighted by Gasteiger charge is 2.26. The predicted octanol–water partition coefficient (Wildman–Crippen LogP) is 2.73. The van der Waals surface area contributed by atoms with Gasteiger partial charge in [0.2, 0.25) is 10.0 Å². The summed E-state index contributed by atoms with van der Waals surface area (Å²) in [6, 6.07) is 7.61. The zero-order valence-electron chi connectivity index (χ0n) is 11.8. The van der Waals surface area contributed by atoms with Crippen LogP contribution in [0.1, 0.15) is 18.7 Å². The predicted molar refractivity (Wildman–Crippen MR) is 83.3 cm³/mol. The Morgan fingerprint density at radius 3 is 2.62 bits per heavy atom. The Balaban J connectivity index is 2.21. The van der Waals surface area contributed by atoms with Crippen molar-refractivity contribution < 1.29 is 12.8 Å². The van der Waals surface area contributed by atoms with Crippen molar-refractivity contribution in [3.05, 3.63) is 46.4 Å². The van der Waals surface area contributed by atoms with Gasteiger partial charge in [0.1, 0.15) is 10.7 Å². The molecule has 7 heteroatoms. The topological polar surface area (TPSA) is 72.2 Å². The number of rotatable bonds is 5. The van der Waals surface area contributed by atoms with Gasteiger partial charge in [-0.3, -0.25) is 0 Å². The van der Waals surface area contributed by atoms with Gasteiger partial charge in [-0.05, 0) is 23.6 Å². The van der Waals surface area contributed by atoms with E-state index in [4.69, 9.17) is 5.73 Å². The van der Waals surface area contributed by atoms with Gasteiger partial charge < -0.3 is 5.73 Å². The highest BCUT2D eigenvalue weighted by molar-refractivity contribution is 7.89. The van der Waals surface area contributed by atoms with Crippen molar-refractivity contribution in [2.45, 2.75) is 24.2 Å². The highest BCUT2D eigenvalue weighted by atomic mass is 32.2. The second-order valence-electron chi connectivity index (χ2n) is 5.34. The molecule has 3 N–H and O–H groups in total. The summed E-state index contributed by atoms with van der Waals surface area (Å²) >= 11 is 1.56. The van der Waals surface area contributed by atoms with E-state index in [1.165, 1.54) is 12.1 Å². The van der Waals surface area contributed by atoms with Gasteiger partial charge in [-0.25, -0.2) is 17.5 Å². The number of anilines is 1. The first-order valence-electron chi connectivity index (χ1n) is 6.32. The van der Waals surface area contributed by atoms with Gasteiger partial charge >= 0.3 is 0 Å². The number of sulfonamides is 1. The summed E-state index contributed by atoms with van der Waals surface area (Å²) in [7, 11) is -3.85. The molecule has 0 amide bonds. The summed E-state index contributed by atoms with van der Waals surface area (Å²) in [5, 5.41) is 1.94. The van der Waals surface area contributed by atoms with Gasteiger partial charge in [-0.1, -0.05) is 26.0 Å². The third-order valence-corrected chi connectivity index (χ3v) is 5.89. The molecular formula is C14H17FN2O2S2. The average Bonchev–Trinajstić information content (AvgIpc) is 2.94. The van der Waals surface area contributed by atoms with Gasteiger partial charge in [0.25, 0.3) is 0 Å². The number of thiophene rings is 1. The lowest BCUT2D eigenvalue weighted by molar-refractivity contribution is 0.509. The Kier molecular flexibility index (Phi) is 4.36. The Labute approximate surface area is 127 Å². The molecule has 0 spiro atoms. The van der Waals surface area contributed by atoms with E-state index in [-0.39, 0.29) is 22.5 Å². The molecule has 0 fully saturated rings. The van der Waals surface area contributed by atoms with Crippen LogP contribution in [0.5, 0.6) is 0 Å². The van der Waals surface area contributed by atoms with Crippen LogP contribution < -0.4 is 10.5 Å². The lowest BCUT2D eigenvalue weighted by Gasteiger charge is -2.23. The molecule has 21 heavy (non-hydrogen) atoms. The van der Waals surface area contributed by atoms with Gasteiger partial charge in [-0.2, -0.15) is 0 Å². The Morgan fingerprint density at radius 2 is 2.00 bits per heavy atom. The molecule has 2 aromatic rings. The first-order valence-corrected chi connectivity index (χ1v) is 8.68. The van der Waals surface area contributed by atoms with Crippen LogP contribution in [-0.4, -0.2) is 15.0 Å². The van der Waals surface area contributed by atoms with Gasteiger partial charge in [0.15, 0.2) is 0 Å². The molecule has 0 unspecified atom stereocenters. The first kappa shape index (κ1) is 15.9. The summed E-state index contributed by atoms with van der Waals surface area (Å²) in [6.45, 7) is 4.08.